The number of nitrogens with two attached hydrogens (primary N) is 1. The number of aromatic nitrogens is 3. The predicted octanol–water partition coefficient (Wildman–Crippen LogP) is 2.64. The van der Waals surface area contributed by atoms with Crippen molar-refractivity contribution in [2.24, 2.45) is 0 Å². The van der Waals surface area contributed by atoms with Crippen molar-refractivity contribution in [1.82, 2.24) is 15.0 Å². The summed E-state index contributed by atoms with van der Waals surface area (Å²) in [6, 6.07) is 10.9. The molecule has 1 aromatic carbocycles. The number of benzene rings is 1. The molecule has 0 aliphatic carbocycles. The Kier molecular flexibility index (Phi) is 4.45. The van der Waals surface area contributed by atoms with Crippen LogP contribution in [-0.2, 0) is 4.74 Å². The second kappa shape index (κ2) is 7.05. The number of hydrogen-bond donors (Lipinski definition) is 1. The fourth-order valence-corrected chi connectivity index (χ4v) is 3.04. The number of aldehydes is 1. The summed E-state index contributed by atoms with van der Waals surface area (Å²) in [7, 11) is 0. The summed E-state index contributed by atoms with van der Waals surface area (Å²) in [4.78, 5) is 24.4. The van der Waals surface area contributed by atoms with Gasteiger partial charge in [-0.2, -0.15) is 4.98 Å². The van der Waals surface area contributed by atoms with E-state index in [1.165, 1.54) is 0 Å². The first-order valence-corrected chi connectivity index (χ1v) is 8.48. The molecule has 7 nitrogen and oxygen atoms in total. The van der Waals surface area contributed by atoms with E-state index in [9.17, 15) is 4.79 Å². The van der Waals surface area contributed by atoms with E-state index in [0.717, 1.165) is 31.3 Å². The van der Waals surface area contributed by atoms with E-state index in [0.29, 0.717) is 34.8 Å². The van der Waals surface area contributed by atoms with Crippen LogP contribution < -0.4 is 10.5 Å². The van der Waals surface area contributed by atoms with Gasteiger partial charge in [-0.3, -0.25) is 4.79 Å². The van der Waals surface area contributed by atoms with Crippen LogP contribution in [0, 0.1) is 0 Å². The Morgan fingerprint density at radius 1 is 1.19 bits per heavy atom. The molecule has 26 heavy (non-hydrogen) atoms. The second-order valence-corrected chi connectivity index (χ2v) is 6.10. The van der Waals surface area contributed by atoms with Gasteiger partial charge in [-0.1, -0.05) is 24.3 Å². The first kappa shape index (κ1) is 16.4. The van der Waals surface area contributed by atoms with Crippen molar-refractivity contribution in [3.05, 3.63) is 42.0 Å². The number of carbonyl (C=O) groups excluding carboxylic acids is 1. The van der Waals surface area contributed by atoms with Crippen molar-refractivity contribution in [1.29, 1.82) is 0 Å². The number of fused-ring (bicyclic) bond motifs is 1. The van der Waals surface area contributed by atoms with Gasteiger partial charge in [0.2, 0.25) is 11.8 Å². The zero-order valence-corrected chi connectivity index (χ0v) is 14.1. The lowest BCUT2D eigenvalue weighted by molar-refractivity contribution is 0.0669. The Balaban J connectivity index is 1.74. The lowest BCUT2D eigenvalue weighted by atomic mass is 10.0. The number of carbonyl (C=O) groups is 1. The maximum atomic E-state index is 11.3. The molecule has 1 fully saturated rings. The fourth-order valence-electron chi connectivity index (χ4n) is 3.04. The van der Waals surface area contributed by atoms with Gasteiger partial charge < -0.3 is 15.2 Å². The number of anilines is 1. The van der Waals surface area contributed by atoms with Crippen molar-refractivity contribution >= 4 is 23.3 Å². The SMILES string of the molecule is Nc1nc(OCC2CCCO2)c2nc(-c3ccccc3C=O)ccc2n1. The largest absolute Gasteiger partial charge is 0.473 e. The minimum absolute atomic E-state index is 0.0558. The monoisotopic (exact) mass is 350 g/mol. The Morgan fingerprint density at radius 3 is 2.88 bits per heavy atom. The number of ether oxygens (including phenoxy) is 2. The maximum absolute atomic E-state index is 11.3. The van der Waals surface area contributed by atoms with E-state index in [1.54, 1.807) is 18.2 Å². The third kappa shape index (κ3) is 3.21. The van der Waals surface area contributed by atoms with Gasteiger partial charge in [0.05, 0.1) is 17.3 Å². The van der Waals surface area contributed by atoms with E-state index in [1.807, 2.05) is 18.2 Å². The molecule has 0 amide bonds. The van der Waals surface area contributed by atoms with Crippen LogP contribution in [0.25, 0.3) is 22.3 Å². The molecule has 0 saturated carbocycles. The molecule has 7 heteroatoms. The van der Waals surface area contributed by atoms with Crippen LogP contribution in [0.5, 0.6) is 5.88 Å². The summed E-state index contributed by atoms with van der Waals surface area (Å²) >= 11 is 0. The molecule has 0 radical (unpaired) electrons. The standard InChI is InChI=1S/C19H18N4O3/c20-19-22-16-8-7-15(14-6-2-1-4-12(14)10-24)21-17(16)18(23-19)26-11-13-5-3-9-25-13/h1-2,4,6-8,10,13H,3,5,9,11H2,(H2,20,22,23). The summed E-state index contributed by atoms with van der Waals surface area (Å²) in [6.07, 6.45) is 2.87. The molecule has 0 spiro atoms. The number of hydrogen-bond acceptors (Lipinski definition) is 7. The van der Waals surface area contributed by atoms with Gasteiger partial charge in [-0.15, -0.1) is 0 Å². The highest BCUT2D eigenvalue weighted by atomic mass is 16.5. The predicted molar refractivity (Wildman–Crippen MR) is 97.0 cm³/mol. The molecule has 1 atom stereocenters. The van der Waals surface area contributed by atoms with Gasteiger partial charge in [-0.05, 0) is 25.0 Å². The molecule has 3 aromatic rings. The molecule has 1 saturated heterocycles. The summed E-state index contributed by atoms with van der Waals surface area (Å²) < 4.78 is 11.4. The summed E-state index contributed by atoms with van der Waals surface area (Å²) in [5.41, 5.74) is 8.85. The van der Waals surface area contributed by atoms with E-state index < -0.39 is 0 Å². The minimum Gasteiger partial charge on any atom is -0.473 e. The summed E-state index contributed by atoms with van der Waals surface area (Å²) in [5.74, 6) is 0.455. The zero-order valence-electron chi connectivity index (χ0n) is 14.1. The quantitative estimate of drug-likeness (QED) is 0.706. The second-order valence-electron chi connectivity index (χ2n) is 6.10. The topological polar surface area (TPSA) is 100 Å². The van der Waals surface area contributed by atoms with Gasteiger partial charge in [0.25, 0.3) is 0 Å². The van der Waals surface area contributed by atoms with E-state index in [2.05, 4.69) is 15.0 Å². The number of nitrogens with zero attached hydrogens (tertiary/aromatic N) is 3. The van der Waals surface area contributed by atoms with Gasteiger partial charge in [0.1, 0.15) is 6.61 Å². The van der Waals surface area contributed by atoms with Crippen LogP contribution in [0.2, 0.25) is 0 Å². The normalized spacial score (nSPS) is 16.7. The Labute approximate surface area is 150 Å². The lowest BCUT2D eigenvalue weighted by Crippen LogP contribution is -2.17. The molecular formula is C19H18N4O3. The maximum Gasteiger partial charge on any atom is 0.245 e. The third-order valence-electron chi connectivity index (χ3n) is 4.32. The highest BCUT2D eigenvalue weighted by molar-refractivity contribution is 5.89. The minimum atomic E-state index is 0.0558. The van der Waals surface area contributed by atoms with Crippen LogP contribution in [0.1, 0.15) is 23.2 Å². The van der Waals surface area contributed by atoms with Gasteiger partial charge in [0.15, 0.2) is 11.8 Å². The van der Waals surface area contributed by atoms with Gasteiger partial charge in [0, 0.05) is 17.7 Å². The van der Waals surface area contributed by atoms with Crippen LogP contribution in [0.15, 0.2) is 36.4 Å². The van der Waals surface area contributed by atoms with Crippen molar-refractivity contribution in [2.45, 2.75) is 18.9 Å². The first-order valence-electron chi connectivity index (χ1n) is 8.48. The Morgan fingerprint density at radius 2 is 2.08 bits per heavy atom. The van der Waals surface area contributed by atoms with Crippen molar-refractivity contribution in [3.63, 3.8) is 0 Å². The Bertz CT molecular complexity index is 955. The average molecular weight is 350 g/mol. The molecule has 1 unspecified atom stereocenters. The first-order chi connectivity index (χ1) is 12.7. The summed E-state index contributed by atoms with van der Waals surface area (Å²) in [5, 5.41) is 0. The molecule has 1 aliphatic rings. The van der Waals surface area contributed by atoms with Crippen molar-refractivity contribution in [2.75, 3.05) is 18.9 Å². The van der Waals surface area contributed by atoms with Crippen molar-refractivity contribution < 1.29 is 14.3 Å². The fraction of sp³-hybridized carbons (Fsp3) is 0.263. The lowest BCUT2D eigenvalue weighted by Gasteiger charge is -2.13. The van der Waals surface area contributed by atoms with Crippen LogP contribution in [0.3, 0.4) is 0 Å². The van der Waals surface area contributed by atoms with E-state index in [4.69, 9.17) is 15.2 Å². The molecule has 3 heterocycles. The summed E-state index contributed by atoms with van der Waals surface area (Å²) in [6.45, 7) is 1.15. The molecule has 4 rings (SSSR count). The van der Waals surface area contributed by atoms with Gasteiger partial charge >= 0.3 is 0 Å². The average Bonchev–Trinajstić information content (AvgIpc) is 3.19. The molecule has 1 aliphatic heterocycles. The molecular weight excluding hydrogens is 332 g/mol. The highest BCUT2D eigenvalue weighted by Gasteiger charge is 2.18. The van der Waals surface area contributed by atoms with Crippen LogP contribution in [0.4, 0.5) is 5.95 Å². The number of nitrogen functional groups attached to an aromatic ring is 1. The van der Waals surface area contributed by atoms with Gasteiger partial charge in [-0.25, -0.2) is 9.97 Å². The van der Waals surface area contributed by atoms with Crippen LogP contribution >= 0.6 is 0 Å². The third-order valence-corrected chi connectivity index (χ3v) is 4.32. The number of pyridine rings is 1. The Hall–Kier alpha value is -3.06. The smallest absolute Gasteiger partial charge is 0.245 e. The van der Waals surface area contributed by atoms with E-state index >= 15 is 0 Å². The molecule has 132 valence electrons. The highest BCUT2D eigenvalue weighted by Crippen LogP contribution is 2.27. The van der Waals surface area contributed by atoms with E-state index in [-0.39, 0.29) is 12.1 Å². The molecule has 0 bridgehead atoms. The molecule has 2 aromatic heterocycles. The molecule has 2 N–H and O–H groups in total. The zero-order chi connectivity index (χ0) is 17.9. The van der Waals surface area contributed by atoms with Crippen LogP contribution in [-0.4, -0.2) is 40.6 Å². The number of rotatable bonds is 5. The van der Waals surface area contributed by atoms with Crippen molar-refractivity contribution in [3.8, 4) is 17.1 Å².